The number of aromatic hydroxyl groups is 1. The normalized spacial score (nSPS) is 19.2. The highest BCUT2D eigenvalue weighted by molar-refractivity contribution is 8.26. The third-order valence-corrected chi connectivity index (χ3v) is 4.48. The minimum atomic E-state index is -0.315. The molecule has 0 aromatic heterocycles. The number of hydrogen-bond donors (Lipinski definition) is 3. The highest BCUT2D eigenvalue weighted by atomic mass is 32.2. The van der Waals surface area contributed by atoms with Gasteiger partial charge in [0.25, 0.3) is 0 Å². The largest absolute Gasteiger partial charge is 0.508 e. The number of nitrogens with zero attached hydrogens (tertiary/aromatic N) is 3. The molecule has 0 aliphatic carbocycles. The van der Waals surface area contributed by atoms with Crippen LogP contribution < -0.4 is 10.9 Å². The number of hydrogen-bond acceptors (Lipinski definition) is 6. The smallest absolute Gasteiger partial charge is 0.211 e. The lowest BCUT2D eigenvalue weighted by atomic mass is 10.1. The highest BCUT2D eigenvalue weighted by Crippen LogP contribution is 2.26. The summed E-state index contributed by atoms with van der Waals surface area (Å²) in [7, 11) is 0. The number of hydrazone groups is 1. The van der Waals surface area contributed by atoms with Gasteiger partial charge in [-0.1, -0.05) is 32.0 Å². The second-order valence-electron chi connectivity index (χ2n) is 5.39. The van der Waals surface area contributed by atoms with Crippen molar-refractivity contribution in [2.24, 2.45) is 10.1 Å². The van der Waals surface area contributed by atoms with Gasteiger partial charge < -0.3 is 5.11 Å². The lowest BCUT2D eigenvalue weighted by Gasteiger charge is -2.21. The van der Waals surface area contributed by atoms with Gasteiger partial charge in [0.2, 0.25) is 5.17 Å². The molecule has 0 radical (unpaired) electrons. The van der Waals surface area contributed by atoms with Crippen LogP contribution in [0.1, 0.15) is 19.4 Å². The molecule has 4 rings (SSSR count). The van der Waals surface area contributed by atoms with E-state index in [-0.39, 0.29) is 17.7 Å². The molecule has 136 valence electrons. The molecule has 8 heteroatoms. The number of aliphatic imine (C=N–C) groups is 1. The minimum Gasteiger partial charge on any atom is -0.508 e. The standard InChI is InChI=1S/C16H14FN5OS.C2H6/c17-11-2-1-3-12(9-11)18-15-21-22-14(19-20-16(22)24-15)8-10-4-6-13(23)7-5-10;1-2/h1-7,9,14,19,23H,8H2,(H,18,21);1-2H3. The van der Waals surface area contributed by atoms with Crippen LogP contribution in [0.4, 0.5) is 10.1 Å². The first-order valence-electron chi connectivity index (χ1n) is 8.36. The summed E-state index contributed by atoms with van der Waals surface area (Å²) in [5.41, 5.74) is 7.88. The number of benzene rings is 2. The number of phenols is 1. The first-order valence-corrected chi connectivity index (χ1v) is 9.18. The Labute approximate surface area is 155 Å². The Hall–Kier alpha value is -2.74. The maximum atomic E-state index is 13.2. The number of phenolic OH excluding ortho intramolecular Hbond substituents is 1. The molecule has 0 spiro atoms. The zero-order valence-electron chi connectivity index (χ0n) is 14.5. The van der Waals surface area contributed by atoms with Crippen LogP contribution in [0.5, 0.6) is 5.75 Å². The van der Waals surface area contributed by atoms with Crippen molar-refractivity contribution in [1.29, 1.82) is 0 Å². The Bertz CT molecular complexity index is 825. The monoisotopic (exact) mass is 373 g/mol. The van der Waals surface area contributed by atoms with Crippen LogP contribution >= 0.6 is 11.8 Å². The van der Waals surface area contributed by atoms with Crippen LogP contribution in [0.25, 0.3) is 0 Å². The molecular weight excluding hydrogens is 353 g/mol. The summed E-state index contributed by atoms with van der Waals surface area (Å²) < 4.78 is 13.2. The number of rotatable bonds is 3. The van der Waals surface area contributed by atoms with E-state index in [1.807, 2.05) is 31.0 Å². The van der Waals surface area contributed by atoms with Gasteiger partial charge in [0.1, 0.15) is 17.7 Å². The SMILES string of the molecule is CC.Oc1ccc(CC2NN=C3SC(=Nc4cccc(F)c4)NN32)cc1. The predicted octanol–water partition coefficient (Wildman–Crippen LogP) is 3.54. The van der Waals surface area contributed by atoms with Crippen molar-refractivity contribution in [3.05, 3.63) is 59.9 Å². The van der Waals surface area contributed by atoms with Crippen molar-refractivity contribution in [3.8, 4) is 5.75 Å². The third kappa shape index (κ3) is 4.08. The Morgan fingerprint density at radius 1 is 1.23 bits per heavy atom. The lowest BCUT2D eigenvalue weighted by molar-refractivity contribution is 0.274. The molecule has 0 amide bonds. The number of nitrogens with one attached hydrogen (secondary N) is 2. The van der Waals surface area contributed by atoms with Gasteiger partial charge in [0.05, 0.1) is 5.69 Å². The first kappa shape index (κ1) is 18.1. The molecule has 2 aromatic carbocycles. The predicted molar refractivity (Wildman–Crippen MR) is 104 cm³/mol. The van der Waals surface area contributed by atoms with Gasteiger partial charge in [-0.3, -0.25) is 10.9 Å². The van der Waals surface area contributed by atoms with Gasteiger partial charge in [0, 0.05) is 6.42 Å². The molecule has 6 nitrogen and oxygen atoms in total. The molecule has 2 heterocycles. The van der Waals surface area contributed by atoms with Crippen LogP contribution in [0.15, 0.2) is 58.6 Å². The van der Waals surface area contributed by atoms with Crippen LogP contribution in [0.3, 0.4) is 0 Å². The second-order valence-corrected chi connectivity index (χ2v) is 6.35. The summed E-state index contributed by atoms with van der Waals surface area (Å²) in [6, 6.07) is 13.2. The van der Waals surface area contributed by atoms with E-state index in [0.29, 0.717) is 17.3 Å². The molecule has 3 N–H and O–H groups in total. The number of thioether (sulfide) groups is 1. The van der Waals surface area contributed by atoms with Crippen molar-refractivity contribution in [2.45, 2.75) is 26.4 Å². The van der Waals surface area contributed by atoms with E-state index >= 15 is 0 Å². The second kappa shape index (κ2) is 8.09. The van der Waals surface area contributed by atoms with Gasteiger partial charge in [-0.15, -0.1) is 0 Å². The summed E-state index contributed by atoms with van der Waals surface area (Å²) in [6.07, 6.45) is 0.644. The quantitative estimate of drug-likeness (QED) is 0.768. The molecule has 0 bridgehead atoms. The number of amidine groups is 2. The Kier molecular flexibility index (Phi) is 5.62. The molecule has 1 unspecified atom stereocenters. The molecule has 1 atom stereocenters. The fourth-order valence-corrected chi connectivity index (χ4v) is 3.33. The molecule has 2 aromatic rings. The van der Waals surface area contributed by atoms with E-state index in [1.165, 1.54) is 23.9 Å². The lowest BCUT2D eigenvalue weighted by Crippen LogP contribution is -2.46. The molecule has 26 heavy (non-hydrogen) atoms. The topological polar surface area (TPSA) is 72.2 Å². The Morgan fingerprint density at radius 2 is 2.00 bits per heavy atom. The molecule has 1 fully saturated rings. The van der Waals surface area contributed by atoms with Crippen molar-refractivity contribution >= 4 is 27.8 Å². The number of halogens is 1. The van der Waals surface area contributed by atoms with E-state index in [0.717, 1.165) is 10.7 Å². The van der Waals surface area contributed by atoms with Gasteiger partial charge in [-0.2, -0.15) is 5.10 Å². The average molecular weight is 373 g/mol. The van der Waals surface area contributed by atoms with E-state index in [1.54, 1.807) is 24.3 Å². The van der Waals surface area contributed by atoms with Crippen molar-refractivity contribution < 1.29 is 9.50 Å². The van der Waals surface area contributed by atoms with Crippen LogP contribution in [-0.2, 0) is 6.42 Å². The van der Waals surface area contributed by atoms with Crippen LogP contribution in [-0.4, -0.2) is 26.6 Å². The minimum absolute atomic E-state index is 0.0581. The number of hydrazine groups is 1. The van der Waals surface area contributed by atoms with Crippen molar-refractivity contribution in [2.75, 3.05) is 0 Å². The Balaban J connectivity index is 0.000000948. The van der Waals surface area contributed by atoms with E-state index in [9.17, 15) is 9.50 Å². The fourth-order valence-electron chi connectivity index (χ4n) is 2.49. The van der Waals surface area contributed by atoms with Crippen LogP contribution in [0, 0.1) is 5.82 Å². The Morgan fingerprint density at radius 3 is 2.73 bits per heavy atom. The molecular formula is C18H20FN5OS. The maximum absolute atomic E-state index is 13.2. The van der Waals surface area contributed by atoms with Crippen molar-refractivity contribution in [1.82, 2.24) is 15.9 Å². The molecule has 1 saturated heterocycles. The summed E-state index contributed by atoms with van der Waals surface area (Å²) in [5.74, 6) is -0.0704. The molecule has 2 aliphatic heterocycles. The van der Waals surface area contributed by atoms with E-state index in [2.05, 4.69) is 20.9 Å². The van der Waals surface area contributed by atoms with Crippen molar-refractivity contribution in [3.63, 3.8) is 0 Å². The molecule has 2 aliphatic rings. The average Bonchev–Trinajstić information content (AvgIpc) is 3.20. The van der Waals surface area contributed by atoms with Gasteiger partial charge in [-0.25, -0.2) is 14.4 Å². The van der Waals surface area contributed by atoms with Crippen LogP contribution in [0.2, 0.25) is 0 Å². The maximum Gasteiger partial charge on any atom is 0.211 e. The number of fused-ring (bicyclic) bond motifs is 1. The van der Waals surface area contributed by atoms with E-state index in [4.69, 9.17) is 0 Å². The summed E-state index contributed by atoms with van der Waals surface area (Å²) in [4.78, 5) is 4.40. The zero-order chi connectivity index (χ0) is 18.5. The fraction of sp³-hybridized carbons (Fsp3) is 0.222. The first-order chi connectivity index (χ1) is 12.7. The highest BCUT2D eigenvalue weighted by Gasteiger charge is 2.35. The van der Waals surface area contributed by atoms with Gasteiger partial charge in [-0.05, 0) is 47.7 Å². The summed E-state index contributed by atoms with van der Waals surface area (Å²) in [5, 5.41) is 17.0. The summed E-state index contributed by atoms with van der Waals surface area (Å²) >= 11 is 1.39. The molecule has 0 saturated carbocycles. The van der Waals surface area contributed by atoms with E-state index < -0.39 is 0 Å². The zero-order valence-corrected chi connectivity index (χ0v) is 15.3. The summed E-state index contributed by atoms with van der Waals surface area (Å²) in [6.45, 7) is 4.00. The van der Waals surface area contributed by atoms with Gasteiger partial charge >= 0.3 is 0 Å². The van der Waals surface area contributed by atoms with Gasteiger partial charge in [0.15, 0.2) is 5.17 Å². The third-order valence-electron chi connectivity index (χ3n) is 3.64.